The smallest absolute Gasteiger partial charge is 0.213 e. The molecule has 30 heavy (non-hydrogen) atoms. The van der Waals surface area contributed by atoms with Crippen molar-refractivity contribution < 1.29 is 4.74 Å². The minimum absolute atomic E-state index is 0.132. The predicted molar refractivity (Wildman–Crippen MR) is 128 cm³/mol. The van der Waals surface area contributed by atoms with E-state index >= 15 is 0 Å². The summed E-state index contributed by atoms with van der Waals surface area (Å²) in [5, 5.41) is 7.18. The van der Waals surface area contributed by atoms with Crippen molar-refractivity contribution in [1.29, 1.82) is 0 Å². The molecule has 2 atom stereocenters. The summed E-state index contributed by atoms with van der Waals surface area (Å²) in [5.41, 5.74) is 5.85. The first-order valence-electron chi connectivity index (χ1n) is 10.2. The fourth-order valence-electron chi connectivity index (χ4n) is 4.19. The van der Waals surface area contributed by atoms with Crippen LogP contribution in [0, 0.1) is 0 Å². The highest BCUT2D eigenvalue weighted by atomic mass is 79.9. The van der Waals surface area contributed by atoms with E-state index in [-0.39, 0.29) is 12.3 Å². The molecule has 0 spiro atoms. The summed E-state index contributed by atoms with van der Waals surface area (Å²) in [6.07, 6.45) is 0.589. The fourth-order valence-corrected chi connectivity index (χ4v) is 5.54. The van der Waals surface area contributed by atoms with Gasteiger partial charge in [0.1, 0.15) is 5.75 Å². The third kappa shape index (κ3) is 3.48. The lowest BCUT2D eigenvalue weighted by Gasteiger charge is -2.38. The van der Waals surface area contributed by atoms with Gasteiger partial charge in [-0.05, 0) is 45.1 Å². The summed E-state index contributed by atoms with van der Waals surface area (Å²) in [6, 6.07) is 23.5. The summed E-state index contributed by atoms with van der Waals surface area (Å²) in [6.45, 7) is 4.43. The van der Waals surface area contributed by atoms with Crippen molar-refractivity contribution in [3.63, 3.8) is 0 Å². The second-order valence-corrected chi connectivity index (χ2v) is 9.88. The van der Waals surface area contributed by atoms with E-state index in [2.05, 4.69) is 105 Å². The minimum atomic E-state index is -0.262. The van der Waals surface area contributed by atoms with E-state index in [4.69, 9.17) is 9.84 Å². The maximum Gasteiger partial charge on any atom is 0.213 e. The average molecular weight is 526 g/mol. The third-order valence-corrected chi connectivity index (χ3v) is 6.85. The first-order chi connectivity index (χ1) is 14.5. The second kappa shape index (κ2) is 7.86. The van der Waals surface area contributed by atoms with Crippen LogP contribution in [0.1, 0.15) is 60.7 Å². The van der Waals surface area contributed by atoms with E-state index in [1.54, 1.807) is 0 Å². The zero-order chi connectivity index (χ0) is 20.8. The summed E-state index contributed by atoms with van der Waals surface area (Å²) < 4.78 is 8.55. The van der Waals surface area contributed by atoms with E-state index < -0.39 is 0 Å². The van der Waals surface area contributed by atoms with Crippen LogP contribution >= 0.6 is 31.9 Å². The first-order valence-corrected chi connectivity index (χ1v) is 11.8. The van der Waals surface area contributed by atoms with Gasteiger partial charge in [-0.1, -0.05) is 84.4 Å². The Bertz CT molecular complexity index is 1110. The number of hydrogen-bond donors (Lipinski definition) is 0. The molecule has 0 amide bonds. The largest absolute Gasteiger partial charge is 0.463 e. The van der Waals surface area contributed by atoms with Gasteiger partial charge in [0.25, 0.3) is 0 Å². The summed E-state index contributed by atoms with van der Waals surface area (Å²) >= 11 is 7.35. The Morgan fingerprint density at radius 2 is 1.73 bits per heavy atom. The molecule has 0 unspecified atom stereocenters. The number of benzene rings is 3. The topological polar surface area (TPSA) is 24.8 Å². The van der Waals surface area contributed by atoms with Crippen molar-refractivity contribution >= 4 is 37.6 Å². The number of rotatable bonds is 3. The Balaban J connectivity index is 1.60. The van der Waals surface area contributed by atoms with Crippen LogP contribution < -0.4 is 4.74 Å². The van der Waals surface area contributed by atoms with Gasteiger partial charge in [0.05, 0.1) is 16.2 Å². The van der Waals surface area contributed by atoms with Crippen LogP contribution in [-0.2, 0) is 0 Å². The molecule has 3 aromatic rings. The van der Waals surface area contributed by atoms with E-state index in [9.17, 15) is 0 Å². The quantitative estimate of drug-likeness (QED) is 0.352. The van der Waals surface area contributed by atoms with E-state index in [1.807, 2.05) is 12.1 Å². The van der Waals surface area contributed by atoms with Crippen LogP contribution in [-0.4, -0.2) is 10.7 Å². The molecular formula is C25H22Br2N2O. The molecule has 0 fully saturated rings. The lowest BCUT2D eigenvalue weighted by molar-refractivity contribution is -0.0197. The highest BCUT2D eigenvalue weighted by Gasteiger charge is 2.41. The molecule has 0 N–H and O–H groups in total. The normalized spacial score (nSPS) is 19.9. The lowest BCUT2D eigenvalue weighted by Crippen LogP contribution is -2.34. The van der Waals surface area contributed by atoms with Gasteiger partial charge >= 0.3 is 0 Å². The molecular weight excluding hydrogens is 504 g/mol. The fraction of sp³-hybridized carbons (Fsp3) is 0.240. The van der Waals surface area contributed by atoms with E-state index in [0.717, 1.165) is 43.5 Å². The molecule has 2 aliphatic heterocycles. The maximum absolute atomic E-state index is 6.55. The zero-order valence-electron chi connectivity index (χ0n) is 16.8. The number of hydrogen-bond acceptors (Lipinski definition) is 3. The van der Waals surface area contributed by atoms with Crippen LogP contribution in [0.15, 0.2) is 80.8 Å². The molecule has 0 saturated heterocycles. The van der Waals surface area contributed by atoms with Crippen molar-refractivity contribution in [3.8, 4) is 5.75 Å². The molecule has 2 heterocycles. The molecule has 2 aliphatic rings. The van der Waals surface area contributed by atoms with Crippen LogP contribution in [0.4, 0.5) is 0 Å². The van der Waals surface area contributed by atoms with E-state index in [0.29, 0.717) is 5.92 Å². The van der Waals surface area contributed by atoms with Crippen molar-refractivity contribution in [2.75, 3.05) is 0 Å². The number of fused-ring (bicyclic) bond motifs is 3. The summed E-state index contributed by atoms with van der Waals surface area (Å²) in [7, 11) is 0. The molecule has 152 valence electrons. The van der Waals surface area contributed by atoms with Gasteiger partial charge in [-0.25, -0.2) is 5.01 Å². The van der Waals surface area contributed by atoms with Gasteiger partial charge < -0.3 is 4.74 Å². The zero-order valence-corrected chi connectivity index (χ0v) is 20.0. The maximum atomic E-state index is 6.55. The number of halogens is 2. The Labute approximate surface area is 194 Å². The van der Waals surface area contributed by atoms with E-state index in [1.165, 1.54) is 5.56 Å². The summed E-state index contributed by atoms with van der Waals surface area (Å²) in [4.78, 5) is 0. The van der Waals surface area contributed by atoms with Gasteiger partial charge in [0.15, 0.2) is 0 Å². The van der Waals surface area contributed by atoms with Crippen molar-refractivity contribution in [3.05, 3.63) is 97.9 Å². The average Bonchev–Trinajstić information content (AvgIpc) is 3.20. The van der Waals surface area contributed by atoms with Crippen molar-refractivity contribution in [1.82, 2.24) is 5.01 Å². The summed E-state index contributed by atoms with van der Waals surface area (Å²) in [5.74, 6) is 1.41. The molecule has 0 bridgehead atoms. The van der Waals surface area contributed by atoms with Crippen molar-refractivity contribution in [2.45, 2.75) is 38.5 Å². The number of nitrogens with zero attached hydrogens (tertiary/aromatic N) is 2. The predicted octanol–water partition coefficient (Wildman–Crippen LogP) is 7.58. The third-order valence-electron chi connectivity index (χ3n) is 5.80. The van der Waals surface area contributed by atoms with Crippen LogP contribution in [0.2, 0.25) is 0 Å². The standard InChI is InChI=1S/C25H22Br2N2O/c1-15(2)16-8-10-18(11-9-16)25-29-23(14-22(28-29)17-6-4-3-5-7-17)20-12-19(26)13-21(27)24(20)30-25/h3-13,15,23,25H,14H2,1-2H3/t23-,25+/m0/s1. The number of hydrazone groups is 1. The number of ether oxygens (including phenoxy) is 1. The Hall–Kier alpha value is -2.11. The molecule has 0 aromatic heterocycles. The lowest BCUT2D eigenvalue weighted by atomic mass is 9.95. The van der Waals surface area contributed by atoms with Crippen LogP contribution in [0.3, 0.4) is 0 Å². The van der Waals surface area contributed by atoms with Gasteiger partial charge in [0, 0.05) is 22.0 Å². The molecule has 0 radical (unpaired) electrons. The highest BCUT2D eigenvalue weighted by molar-refractivity contribution is 9.11. The highest BCUT2D eigenvalue weighted by Crippen LogP contribution is 2.50. The SMILES string of the molecule is CC(C)c1ccc([C@H]2Oc3c(Br)cc(Br)cc3[C@@H]3CC(c4ccccc4)=NN23)cc1. The van der Waals surface area contributed by atoms with Gasteiger partial charge in [-0.2, -0.15) is 5.10 Å². The van der Waals surface area contributed by atoms with Gasteiger partial charge in [-0.15, -0.1) is 0 Å². The van der Waals surface area contributed by atoms with Crippen LogP contribution in [0.5, 0.6) is 5.75 Å². The Morgan fingerprint density at radius 1 is 1.00 bits per heavy atom. The van der Waals surface area contributed by atoms with Gasteiger partial charge in [0.2, 0.25) is 6.23 Å². The molecule has 5 heteroatoms. The molecule has 0 aliphatic carbocycles. The Kier molecular flexibility index (Phi) is 5.19. The molecule has 0 saturated carbocycles. The van der Waals surface area contributed by atoms with Crippen LogP contribution in [0.25, 0.3) is 0 Å². The molecule has 5 rings (SSSR count). The second-order valence-electron chi connectivity index (χ2n) is 8.11. The van der Waals surface area contributed by atoms with Gasteiger partial charge in [-0.3, -0.25) is 0 Å². The van der Waals surface area contributed by atoms with Crippen molar-refractivity contribution in [2.24, 2.45) is 5.10 Å². The molecule has 3 nitrogen and oxygen atoms in total. The first kappa shape index (κ1) is 19.8. The Morgan fingerprint density at radius 3 is 2.43 bits per heavy atom. The monoisotopic (exact) mass is 524 g/mol. The minimum Gasteiger partial charge on any atom is -0.463 e. The molecule has 3 aromatic carbocycles.